The summed E-state index contributed by atoms with van der Waals surface area (Å²) < 4.78 is 12.5. The quantitative estimate of drug-likeness (QED) is 0.280. The Hall–Kier alpha value is -2.51. The summed E-state index contributed by atoms with van der Waals surface area (Å²) in [5, 5.41) is 0. The molecule has 142 valence electrons. The van der Waals surface area contributed by atoms with E-state index in [0.29, 0.717) is 37.4 Å². The van der Waals surface area contributed by atoms with E-state index in [1.54, 1.807) is 6.07 Å². The predicted octanol–water partition coefficient (Wildman–Crippen LogP) is 5.45. The number of methoxy groups -OCH3 is 1. The number of ether oxygens (including phenoxy) is 2. The third kappa shape index (κ3) is 2.86. The number of hydrogen-bond acceptors (Lipinski definition) is 5. The minimum atomic E-state index is -0.394. The zero-order valence-corrected chi connectivity index (χ0v) is 18.0. The van der Waals surface area contributed by atoms with Crippen LogP contribution in [-0.2, 0) is 4.74 Å². The number of hydrogen-bond donors (Lipinski definition) is 2. The van der Waals surface area contributed by atoms with Gasteiger partial charge in [0.05, 0.1) is 21.6 Å². The number of rotatable bonds is 2. The van der Waals surface area contributed by atoms with Crippen molar-refractivity contribution in [2.75, 3.05) is 18.6 Å². The van der Waals surface area contributed by atoms with Crippen molar-refractivity contribution in [3.63, 3.8) is 0 Å². The maximum atomic E-state index is 12.4. The van der Waals surface area contributed by atoms with Gasteiger partial charge in [-0.05, 0) is 55.6 Å². The van der Waals surface area contributed by atoms with E-state index in [9.17, 15) is 4.79 Å². The average Bonchev–Trinajstić information content (AvgIpc) is 2.72. The Morgan fingerprint density at radius 2 is 1.43 bits per heavy atom. The highest BCUT2D eigenvalue weighted by Crippen LogP contribution is 2.54. The molecule has 0 saturated heterocycles. The molecule has 3 aromatic carbocycles. The molecule has 1 aliphatic heterocycles. The highest BCUT2D eigenvalue weighted by atomic mass is 79.9. The van der Waals surface area contributed by atoms with Gasteiger partial charge in [0, 0.05) is 28.4 Å². The number of nitrogens with two attached hydrogens (primary N) is 2. The standard InChI is InChI=1S/C21H16Br2N2O3/c1-27-21(26)11-5-3-2-4-10(11)16-12-6-8-14(24)17(22)19(12)28-20-13(16)7-9-15(25)18(20)23/h2-9,16H,24-25H2,1H3. The van der Waals surface area contributed by atoms with Crippen molar-refractivity contribution in [3.8, 4) is 11.5 Å². The number of carbonyl (C=O) groups excluding carboxylic acids is 1. The number of benzene rings is 3. The summed E-state index contributed by atoms with van der Waals surface area (Å²) in [5.41, 5.74) is 16.4. The lowest BCUT2D eigenvalue weighted by Crippen LogP contribution is -2.17. The molecule has 3 aromatic rings. The lowest BCUT2D eigenvalue weighted by Gasteiger charge is -2.31. The molecule has 0 unspecified atom stereocenters. The van der Waals surface area contributed by atoms with Crippen molar-refractivity contribution < 1.29 is 14.3 Å². The summed E-state index contributed by atoms with van der Waals surface area (Å²) >= 11 is 7.07. The SMILES string of the molecule is COC(=O)c1ccccc1C1c2ccc(N)c(Br)c2Oc2c1ccc(N)c2Br. The fourth-order valence-electron chi connectivity index (χ4n) is 3.48. The van der Waals surface area contributed by atoms with Crippen LogP contribution in [0.2, 0.25) is 0 Å². The lowest BCUT2D eigenvalue weighted by atomic mass is 9.80. The largest absolute Gasteiger partial charge is 0.465 e. The van der Waals surface area contributed by atoms with E-state index in [1.807, 2.05) is 42.5 Å². The molecule has 7 heteroatoms. The first-order chi connectivity index (χ1) is 13.4. The van der Waals surface area contributed by atoms with Crippen molar-refractivity contribution >= 4 is 49.2 Å². The molecule has 1 heterocycles. The molecular formula is C21H16Br2N2O3. The monoisotopic (exact) mass is 502 g/mol. The summed E-state index contributed by atoms with van der Waals surface area (Å²) in [6, 6.07) is 14.9. The molecule has 4 N–H and O–H groups in total. The first-order valence-electron chi connectivity index (χ1n) is 8.44. The second-order valence-electron chi connectivity index (χ2n) is 6.39. The molecule has 28 heavy (non-hydrogen) atoms. The van der Waals surface area contributed by atoms with E-state index >= 15 is 0 Å². The normalized spacial score (nSPS) is 12.7. The van der Waals surface area contributed by atoms with Crippen LogP contribution in [-0.4, -0.2) is 13.1 Å². The molecule has 4 rings (SSSR count). The maximum Gasteiger partial charge on any atom is 0.338 e. The number of nitrogen functional groups attached to an aromatic ring is 2. The fourth-order valence-corrected chi connectivity index (χ4v) is 4.37. The smallest absolute Gasteiger partial charge is 0.338 e. The summed E-state index contributed by atoms with van der Waals surface area (Å²) in [6.45, 7) is 0. The van der Waals surface area contributed by atoms with Gasteiger partial charge in [0.2, 0.25) is 0 Å². The van der Waals surface area contributed by atoms with Crippen LogP contribution < -0.4 is 16.2 Å². The van der Waals surface area contributed by atoms with Crippen LogP contribution in [0, 0.1) is 0 Å². The van der Waals surface area contributed by atoms with Crippen molar-refractivity contribution in [1.82, 2.24) is 0 Å². The van der Waals surface area contributed by atoms with E-state index < -0.39 is 5.97 Å². The van der Waals surface area contributed by atoms with Crippen molar-refractivity contribution in [1.29, 1.82) is 0 Å². The number of carbonyl (C=O) groups is 1. The van der Waals surface area contributed by atoms with E-state index in [4.69, 9.17) is 20.9 Å². The molecule has 0 aromatic heterocycles. The van der Waals surface area contributed by atoms with Crippen molar-refractivity contribution in [3.05, 3.63) is 79.7 Å². The summed E-state index contributed by atoms with van der Waals surface area (Å²) in [7, 11) is 1.37. The molecule has 0 aliphatic carbocycles. The Morgan fingerprint density at radius 1 is 0.893 bits per heavy atom. The van der Waals surface area contributed by atoms with Gasteiger partial charge in [-0.3, -0.25) is 0 Å². The Bertz CT molecular complexity index is 1060. The summed E-state index contributed by atoms with van der Waals surface area (Å²) in [5.74, 6) is 0.545. The van der Waals surface area contributed by atoms with Gasteiger partial charge in [-0.15, -0.1) is 0 Å². The second kappa shape index (κ2) is 7.14. The minimum Gasteiger partial charge on any atom is -0.465 e. The highest BCUT2D eigenvalue weighted by Gasteiger charge is 2.34. The van der Waals surface area contributed by atoms with Gasteiger partial charge in [-0.1, -0.05) is 30.3 Å². The molecule has 1 aliphatic rings. The molecule has 0 fully saturated rings. The molecule has 0 bridgehead atoms. The van der Waals surface area contributed by atoms with Crippen LogP contribution >= 0.6 is 31.9 Å². The van der Waals surface area contributed by atoms with Gasteiger partial charge >= 0.3 is 5.97 Å². The van der Waals surface area contributed by atoms with Gasteiger partial charge in [0.15, 0.2) is 0 Å². The minimum absolute atomic E-state index is 0.261. The van der Waals surface area contributed by atoms with Crippen molar-refractivity contribution in [2.45, 2.75) is 5.92 Å². The van der Waals surface area contributed by atoms with E-state index in [1.165, 1.54) is 7.11 Å². The van der Waals surface area contributed by atoms with Gasteiger partial charge in [-0.25, -0.2) is 4.79 Å². The number of esters is 1. The van der Waals surface area contributed by atoms with Crippen molar-refractivity contribution in [2.24, 2.45) is 0 Å². The van der Waals surface area contributed by atoms with Gasteiger partial charge in [0.1, 0.15) is 11.5 Å². The summed E-state index contributed by atoms with van der Waals surface area (Å²) in [6.07, 6.45) is 0. The Labute approximate surface area is 178 Å². The molecule has 0 saturated carbocycles. The maximum absolute atomic E-state index is 12.4. The lowest BCUT2D eigenvalue weighted by molar-refractivity contribution is 0.0599. The third-order valence-electron chi connectivity index (χ3n) is 4.82. The van der Waals surface area contributed by atoms with Crippen LogP contribution in [0.25, 0.3) is 0 Å². The van der Waals surface area contributed by atoms with E-state index in [0.717, 1.165) is 16.7 Å². The zero-order valence-electron chi connectivity index (χ0n) is 14.8. The van der Waals surface area contributed by atoms with Crippen LogP contribution in [0.1, 0.15) is 33.0 Å². The van der Waals surface area contributed by atoms with Crippen LogP contribution in [0.15, 0.2) is 57.5 Å². The third-order valence-corrected chi connectivity index (χ3v) is 6.45. The number of fused-ring (bicyclic) bond motifs is 2. The number of anilines is 2. The first-order valence-corrected chi connectivity index (χ1v) is 10.0. The first kappa shape index (κ1) is 18.8. The molecule has 0 radical (unpaired) electrons. The van der Waals surface area contributed by atoms with Gasteiger partial charge < -0.3 is 20.9 Å². The highest BCUT2D eigenvalue weighted by molar-refractivity contribution is 9.11. The van der Waals surface area contributed by atoms with E-state index in [2.05, 4.69) is 31.9 Å². The molecule has 5 nitrogen and oxygen atoms in total. The Morgan fingerprint density at radius 3 is 1.96 bits per heavy atom. The zero-order chi connectivity index (χ0) is 20.0. The molecule has 0 atom stereocenters. The predicted molar refractivity (Wildman–Crippen MR) is 116 cm³/mol. The molecule has 0 spiro atoms. The topological polar surface area (TPSA) is 87.6 Å². The van der Waals surface area contributed by atoms with Crippen LogP contribution in [0.4, 0.5) is 11.4 Å². The Kier molecular flexibility index (Phi) is 4.81. The van der Waals surface area contributed by atoms with Gasteiger partial charge in [0.25, 0.3) is 0 Å². The molecular weight excluding hydrogens is 488 g/mol. The summed E-state index contributed by atoms with van der Waals surface area (Å²) in [4.78, 5) is 12.4. The fraction of sp³-hybridized carbons (Fsp3) is 0.0952. The number of halogens is 2. The van der Waals surface area contributed by atoms with Gasteiger partial charge in [-0.2, -0.15) is 0 Å². The average molecular weight is 504 g/mol. The van der Waals surface area contributed by atoms with E-state index in [-0.39, 0.29) is 5.92 Å². The van der Waals surface area contributed by atoms with Crippen LogP contribution in [0.3, 0.4) is 0 Å². The second-order valence-corrected chi connectivity index (χ2v) is 7.97. The Balaban J connectivity index is 2.06. The molecule has 0 amide bonds. The van der Waals surface area contributed by atoms with Crippen LogP contribution in [0.5, 0.6) is 11.5 Å².